The van der Waals surface area contributed by atoms with Gasteiger partial charge in [0.05, 0.1) is 6.54 Å². The van der Waals surface area contributed by atoms with E-state index in [1.807, 2.05) is 6.92 Å². The summed E-state index contributed by atoms with van der Waals surface area (Å²) in [5.74, 6) is -0.391. The lowest BCUT2D eigenvalue weighted by Crippen LogP contribution is -2.40. The highest BCUT2D eigenvalue weighted by molar-refractivity contribution is 7.91. The molecule has 0 bridgehead atoms. The van der Waals surface area contributed by atoms with E-state index in [2.05, 4.69) is 10.3 Å². The van der Waals surface area contributed by atoms with Gasteiger partial charge < -0.3 is 10.3 Å². The van der Waals surface area contributed by atoms with Crippen LogP contribution in [0, 0.1) is 6.92 Å². The molecule has 0 spiro atoms. The summed E-state index contributed by atoms with van der Waals surface area (Å²) in [5, 5.41) is 2.39. The number of H-pyrrole nitrogens is 1. The number of rotatable bonds is 6. The Bertz CT molecular complexity index is 603. The van der Waals surface area contributed by atoms with Gasteiger partial charge in [-0.25, -0.2) is 8.42 Å². The standard InChI is InChI=1S/C10H17N3O4S2/c1-4-5-13(6-8(14)11-3)19(16,17)9-7(2)12-10(15)18-9/h4-6H2,1-3H3,(H,11,14)(H,12,15). The third-order valence-electron chi connectivity index (χ3n) is 2.43. The van der Waals surface area contributed by atoms with Crippen LogP contribution in [-0.2, 0) is 14.8 Å². The molecule has 0 saturated heterocycles. The summed E-state index contributed by atoms with van der Waals surface area (Å²) in [5.41, 5.74) is 0.299. The molecule has 2 N–H and O–H groups in total. The van der Waals surface area contributed by atoms with Gasteiger partial charge in [0.1, 0.15) is 0 Å². The number of carbonyl (C=O) groups is 1. The molecule has 0 aliphatic rings. The van der Waals surface area contributed by atoms with E-state index in [0.717, 1.165) is 4.31 Å². The number of sulfonamides is 1. The van der Waals surface area contributed by atoms with Crippen LogP contribution in [0.1, 0.15) is 19.0 Å². The largest absolute Gasteiger partial charge is 0.358 e. The first-order valence-corrected chi connectivity index (χ1v) is 7.99. The molecule has 0 aromatic carbocycles. The van der Waals surface area contributed by atoms with Crippen LogP contribution >= 0.6 is 11.3 Å². The summed E-state index contributed by atoms with van der Waals surface area (Å²) in [4.78, 5) is 24.6. The van der Waals surface area contributed by atoms with Crippen molar-refractivity contribution in [2.45, 2.75) is 24.5 Å². The number of aryl methyl sites for hydroxylation is 1. The second-order valence-electron chi connectivity index (χ2n) is 3.94. The summed E-state index contributed by atoms with van der Waals surface area (Å²) in [6.07, 6.45) is 0.578. The lowest BCUT2D eigenvalue weighted by atomic mass is 10.4. The van der Waals surface area contributed by atoms with Gasteiger partial charge in [-0.05, 0) is 13.3 Å². The third-order valence-corrected chi connectivity index (χ3v) is 5.85. The van der Waals surface area contributed by atoms with Crippen LogP contribution in [0.3, 0.4) is 0 Å². The van der Waals surface area contributed by atoms with Gasteiger partial charge in [0.15, 0.2) is 4.21 Å². The molecule has 0 radical (unpaired) electrons. The molecule has 9 heteroatoms. The van der Waals surface area contributed by atoms with Gasteiger partial charge in [0.2, 0.25) is 5.91 Å². The van der Waals surface area contributed by atoms with Gasteiger partial charge in [-0.3, -0.25) is 9.59 Å². The summed E-state index contributed by atoms with van der Waals surface area (Å²) >= 11 is 0.638. The fraction of sp³-hybridized carbons (Fsp3) is 0.600. The number of aromatic amines is 1. The average Bonchev–Trinajstić information content (AvgIpc) is 2.68. The lowest BCUT2D eigenvalue weighted by molar-refractivity contribution is -0.120. The number of nitrogens with one attached hydrogen (secondary N) is 2. The van der Waals surface area contributed by atoms with Crippen LogP contribution in [0.4, 0.5) is 0 Å². The maximum Gasteiger partial charge on any atom is 0.305 e. The van der Waals surface area contributed by atoms with Gasteiger partial charge in [-0.1, -0.05) is 18.3 Å². The SMILES string of the molecule is CCCN(CC(=O)NC)S(=O)(=O)c1sc(=O)[nH]c1C. The Morgan fingerprint density at radius 1 is 1.47 bits per heavy atom. The van der Waals surface area contributed by atoms with Crippen LogP contribution in [-0.4, -0.2) is 43.8 Å². The van der Waals surface area contributed by atoms with Gasteiger partial charge in [-0.15, -0.1) is 0 Å². The van der Waals surface area contributed by atoms with E-state index in [4.69, 9.17) is 0 Å². The summed E-state index contributed by atoms with van der Waals surface area (Å²) in [6, 6.07) is 0. The Morgan fingerprint density at radius 2 is 2.11 bits per heavy atom. The molecule has 0 aliphatic heterocycles. The van der Waals surface area contributed by atoms with Crippen LogP contribution in [0.25, 0.3) is 0 Å². The molecule has 1 aromatic heterocycles. The summed E-state index contributed by atoms with van der Waals surface area (Å²) < 4.78 is 25.9. The molecule has 7 nitrogen and oxygen atoms in total. The first kappa shape index (κ1) is 15.9. The van der Waals surface area contributed by atoms with E-state index in [9.17, 15) is 18.0 Å². The maximum atomic E-state index is 12.4. The summed E-state index contributed by atoms with van der Waals surface area (Å²) in [7, 11) is -2.38. The fourth-order valence-electron chi connectivity index (χ4n) is 1.53. The van der Waals surface area contributed by atoms with Crippen molar-refractivity contribution in [3.8, 4) is 0 Å². The van der Waals surface area contributed by atoms with Crippen molar-refractivity contribution >= 4 is 27.3 Å². The third kappa shape index (κ3) is 3.64. The van der Waals surface area contributed by atoms with Crippen molar-refractivity contribution in [1.29, 1.82) is 0 Å². The number of hydrogen-bond donors (Lipinski definition) is 2. The van der Waals surface area contributed by atoms with Gasteiger partial charge in [0, 0.05) is 19.3 Å². The van der Waals surface area contributed by atoms with Crippen LogP contribution in [0.15, 0.2) is 9.00 Å². The van der Waals surface area contributed by atoms with Gasteiger partial charge in [-0.2, -0.15) is 4.31 Å². The normalized spacial score (nSPS) is 11.8. The molecule has 0 fully saturated rings. The minimum absolute atomic E-state index is 0.0325. The number of amides is 1. The van der Waals surface area contributed by atoms with E-state index >= 15 is 0 Å². The Hall–Kier alpha value is -1.19. The molecule has 1 amide bonds. The van der Waals surface area contributed by atoms with Crippen LogP contribution in [0.5, 0.6) is 0 Å². The summed E-state index contributed by atoms with van der Waals surface area (Å²) in [6.45, 7) is 3.31. The molecule has 1 heterocycles. The quantitative estimate of drug-likeness (QED) is 0.766. The first-order chi connectivity index (χ1) is 8.82. The van der Waals surface area contributed by atoms with Crippen molar-refractivity contribution in [3.05, 3.63) is 15.4 Å². The second-order valence-corrected chi connectivity index (χ2v) is 7.06. The molecule has 1 aromatic rings. The molecule has 108 valence electrons. The first-order valence-electron chi connectivity index (χ1n) is 5.73. The van der Waals surface area contributed by atoms with E-state index in [1.165, 1.54) is 14.0 Å². The maximum absolute atomic E-state index is 12.4. The second kappa shape index (κ2) is 6.31. The zero-order valence-electron chi connectivity index (χ0n) is 11.0. The molecule has 0 unspecified atom stereocenters. The van der Waals surface area contributed by atoms with Gasteiger partial charge in [0.25, 0.3) is 10.0 Å². The highest BCUT2D eigenvalue weighted by Gasteiger charge is 2.29. The van der Waals surface area contributed by atoms with E-state index in [-0.39, 0.29) is 17.3 Å². The number of nitrogens with zero attached hydrogens (tertiary/aromatic N) is 1. The highest BCUT2D eigenvalue weighted by Crippen LogP contribution is 2.21. The average molecular weight is 307 g/mol. The number of likely N-dealkylation sites (N-methyl/N-ethyl adjacent to an activating group) is 1. The predicted octanol–water partition coefficient (Wildman–Crippen LogP) is -0.108. The molecule has 0 atom stereocenters. The smallest absolute Gasteiger partial charge is 0.305 e. The molecule has 0 saturated carbocycles. The molecular formula is C10H17N3O4S2. The fourth-order valence-corrected chi connectivity index (χ4v) is 4.45. The minimum Gasteiger partial charge on any atom is -0.358 e. The van der Waals surface area contributed by atoms with Crippen molar-refractivity contribution in [2.75, 3.05) is 20.1 Å². The molecule has 1 rings (SSSR count). The zero-order chi connectivity index (χ0) is 14.6. The Balaban J connectivity index is 3.16. The van der Waals surface area contributed by atoms with Crippen molar-refractivity contribution < 1.29 is 13.2 Å². The zero-order valence-corrected chi connectivity index (χ0v) is 12.7. The van der Waals surface area contributed by atoms with E-state index in [1.54, 1.807) is 0 Å². The van der Waals surface area contributed by atoms with Crippen molar-refractivity contribution in [3.63, 3.8) is 0 Å². The number of carbonyl (C=O) groups excluding carboxylic acids is 1. The lowest BCUT2D eigenvalue weighted by Gasteiger charge is -2.19. The topological polar surface area (TPSA) is 99.3 Å². The number of aromatic nitrogens is 1. The molecule has 19 heavy (non-hydrogen) atoms. The van der Waals surface area contributed by atoms with E-state index < -0.39 is 20.8 Å². The van der Waals surface area contributed by atoms with Crippen molar-refractivity contribution in [1.82, 2.24) is 14.6 Å². The number of hydrogen-bond acceptors (Lipinski definition) is 5. The van der Waals surface area contributed by atoms with Gasteiger partial charge >= 0.3 is 4.87 Å². The molecular weight excluding hydrogens is 290 g/mol. The van der Waals surface area contributed by atoms with Crippen LogP contribution in [0.2, 0.25) is 0 Å². The molecule has 0 aliphatic carbocycles. The highest BCUT2D eigenvalue weighted by atomic mass is 32.2. The van der Waals surface area contributed by atoms with E-state index in [0.29, 0.717) is 23.5 Å². The Morgan fingerprint density at radius 3 is 2.53 bits per heavy atom. The minimum atomic E-state index is -3.82. The monoisotopic (exact) mass is 307 g/mol. The van der Waals surface area contributed by atoms with Crippen LogP contribution < -0.4 is 10.2 Å². The Kier molecular flexibility index (Phi) is 5.27. The van der Waals surface area contributed by atoms with Crippen molar-refractivity contribution in [2.24, 2.45) is 0 Å². The Labute approximate surface area is 115 Å². The number of thiazole rings is 1. The predicted molar refractivity (Wildman–Crippen MR) is 72.8 cm³/mol.